The number of amides is 1. The fourth-order valence-corrected chi connectivity index (χ4v) is 2.26. The third-order valence-corrected chi connectivity index (χ3v) is 3.47. The van der Waals surface area contributed by atoms with Crippen molar-refractivity contribution < 1.29 is 13.6 Å². The third kappa shape index (κ3) is 3.22. The summed E-state index contributed by atoms with van der Waals surface area (Å²) in [5.74, 6) is -0.754. The summed E-state index contributed by atoms with van der Waals surface area (Å²) in [5.41, 5.74) is 0.373. The van der Waals surface area contributed by atoms with Crippen LogP contribution in [0.2, 0.25) is 0 Å². The summed E-state index contributed by atoms with van der Waals surface area (Å²) in [4.78, 5) is 13.6. The van der Waals surface area contributed by atoms with Crippen molar-refractivity contribution in [2.75, 3.05) is 12.0 Å². The number of benzene rings is 1. The number of rotatable bonds is 5. The van der Waals surface area contributed by atoms with Gasteiger partial charge in [-0.2, -0.15) is 11.8 Å². The van der Waals surface area contributed by atoms with E-state index in [1.54, 1.807) is 4.90 Å². The molecule has 98 valence electrons. The van der Waals surface area contributed by atoms with Crippen LogP contribution in [0.3, 0.4) is 0 Å². The maximum atomic E-state index is 13.6. The predicted octanol–water partition coefficient (Wildman–Crippen LogP) is 2.82. The summed E-state index contributed by atoms with van der Waals surface area (Å²) in [6.45, 7) is 0.232. The van der Waals surface area contributed by atoms with E-state index in [0.29, 0.717) is 11.3 Å². The van der Waals surface area contributed by atoms with Crippen molar-refractivity contribution in [3.8, 4) is 0 Å². The first-order valence-corrected chi connectivity index (χ1v) is 7.23. The fraction of sp³-hybridized carbons (Fsp3) is 0.462. The van der Waals surface area contributed by atoms with Gasteiger partial charge in [0.05, 0.1) is 5.75 Å². The zero-order valence-corrected chi connectivity index (χ0v) is 11.0. The van der Waals surface area contributed by atoms with Crippen LogP contribution in [0.1, 0.15) is 18.4 Å². The van der Waals surface area contributed by atoms with Gasteiger partial charge >= 0.3 is 0 Å². The molecule has 2 nitrogen and oxygen atoms in total. The summed E-state index contributed by atoms with van der Waals surface area (Å²) in [5, 5.41) is 0. The fourth-order valence-electron chi connectivity index (χ4n) is 1.85. The van der Waals surface area contributed by atoms with Gasteiger partial charge in [0.2, 0.25) is 5.91 Å². The van der Waals surface area contributed by atoms with Crippen LogP contribution in [0.15, 0.2) is 18.2 Å². The second-order valence-electron chi connectivity index (χ2n) is 4.42. The van der Waals surface area contributed by atoms with E-state index in [1.807, 2.05) is 6.26 Å². The maximum Gasteiger partial charge on any atom is 0.233 e. The lowest BCUT2D eigenvalue weighted by Gasteiger charge is -2.22. The monoisotopic (exact) mass is 271 g/mol. The zero-order chi connectivity index (χ0) is 13.1. The van der Waals surface area contributed by atoms with Gasteiger partial charge in [0.15, 0.2) is 0 Å². The highest BCUT2D eigenvalue weighted by Gasteiger charge is 2.32. The lowest BCUT2D eigenvalue weighted by atomic mass is 10.2. The highest BCUT2D eigenvalue weighted by molar-refractivity contribution is 7.99. The van der Waals surface area contributed by atoms with Gasteiger partial charge in [0, 0.05) is 24.2 Å². The minimum absolute atomic E-state index is 0.0220. The Kier molecular flexibility index (Phi) is 4.22. The number of carbonyl (C=O) groups excluding carboxylic acids is 1. The third-order valence-electron chi connectivity index (χ3n) is 2.93. The van der Waals surface area contributed by atoms with Crippen LogP contribution in [-0.4, -0.2) is 28.9 Å². The van der Waals surface area contributed by atoms with Gasteiger partial charge in [-0.05, 0) is 25.2 Å². The molecule has 1 amide bonds. The van der Waals surface area contributed by atoms with E-state index in [-0.39, 0.29) is 18.5 Å². The molecular weight excluding hydrogens is 256 g/mol. The summed E-state index contributed by atoms with van der Waals surface area (Å²) >= 11 is 1.46. The molecule has 0 spiro atoms. The van der Waals surface area contributed by atoms with E-state index < -0.39 is 11.6 Å². The van der Waals surface area contributed by atoms with Gasteiger partial charge in [-0.1, -0.05) is 6.07 Å². The molecule has 0 aliphatic heterocycles. The first-order valence-electron chi connectivity index (χ1n) is 5.84. The summed E-state index contributed by atoms with van der Waals surface area (Å²) in [7, 11) is 0. The van der Waals surface area contributed by atoms with Gasteiger partial charge in [0.25, 0.3) is 0 Å². The van der Waals surface area contributed by atoms with E-state index in [9.17, 15) is 13.6 Å². The van der Waals surface area contributed by atoms with Gasteiger partial charge < -0.3 is 4.90 Å². The summed E-state index contributed by atoms with van der Waals surface area (Å²) < 4.78 is 26.4. The Hall–Kier alpha value is -1.10. The molecule has 1 aromatic rings. The quantitative estimate of drug-likeness (QED) is 0.820. The van der Waals surface area contributed by atoms with Gasteiger partial charge in [0.1, 0.15) is 11.6 Å². The summed E-state index contributed by atoms with van der Waals surface area (Å²) in [6.07, 6.45) is 3.81. The molecule has 2 rings (SSSR count). The van der Waals surface area contributed by atoms with Crippen molar-refractivity contribution in [2.24, 2.45) is 0 Å². The van der Waals surface area contributed by atoms with Crippen LogP contribution in [0.4, 0.5) is 8.78 Å². The molecular formula is C13H15F2NOS. The van der Waals surface area contributed by atoms with Crippen molar-refractivity contribution in [1.29, 1.82) is 0 Å². The molecule has 1 saturated carbocycles. The number of carbonyl (C=O) groups is 1. The Bertz CT molecular complexity index is 449. The Morgan fingerprint density at radius 2 is 2.17 bits per heavy atom. The molecule has 0 atom stereocenters. The van der Waals surface area contributed by atoms with E-state index in [0.717, 1.165) is 18.9 Å². The smallest absolute Gasteiger partial charge is 0.233 e. The predicted molar refractivity (Wildman–Crippen MR) is 68.3 cm³/mol. The van der Waals surface area contributed by atoms with Crippen molar-refractivity contribution in [3.63, 3.8) is 0 Å². The van der Waals surface area contributed by atoms with Crippen LogP contribution < -0.4 is 0 Å². The Balaban J connectivity index is 2.10. The number of halogens is 2. The van der Waals surface area contributed by atoms with E-state index in [4.69, 9.17) is 0 Å². The highest BCUT2D eigenvalue weighted by atomic mass is 32.2. The topological polar surface area (TPSA) is 20.3 Å². The number of nitrogens with zero attached hydrogens (tertiary/aromatic N) is 1. The molecule has 1 aliphatic carbocycles. The Morgan fingerprint density at radius 1 is 1.44 bits per heavy atom. The second kappa shape index (κ2) is 5.69. The Labute approximate surface area is 109 Å². The standard InChI is InChI=1S/C13H15F2NOS/c1-18-8-13(17)16(11-4-5-11)7-9-2-3-10(14)6-12(9)15/h2-3,6,11H,4-5,7-8H2,1H3. The molecule has 0 unspecified atom stereocenters. The molecule has 0 N–H and O–H groups in total. The van der Waals surface area contributed by atoms with E-state index in [2.05, 4.69) is 0 Å². The SMILES string of the molecule is CSCC(=O)N(Cc1ccc(F)cc1F)C1CC1. The van der Waals surface area contributed by atoms with Crippen LogP contribution in [-0.2, 0) is 11.3 Å². The molecule has 0 heterocycles. The van der Waals surface area contributed by atoms with Crippen molar-refractivity contribution >= 4 is 17.7 Å². The largest absolute Gasteiger partial charge is 0.335 e. The molecule has 1 aliphatic rings. The molecule has 0 aromatic heterocycles. The van der Waals surface area contributed by atoms with Crippen LogP contribution in [0, 0.1) is 11.6 Å². The molecule has 0 radical (unpaired) electrons. The number of hydrogen-bond acceptors (Lipinski definition) is 2. The highest BCUT2D eigenvalue weighted by Crippen LogP contribution is 2.29. The molecule has 1 aromatic carbocycles. The van der Waals surface area contributed by atoms with Crippen molar-refractivity contribution in [2.45, 2.75) is 25.4 Å². The molecule has 0 bridgehead atoms. The van der Waals surface area contributed by atoms with Gasteiger partial charge in [-0.3, -0.25) is 4.79 Å². The first kappa shape index (κ1) is 13.3. The van der Waals surface area contributed by atoms with E-state index in [1.165, 1.54) is 23.9 Å². The molecule has 18 heavy (non-hydrogen) atoms. The first-order chi connectivity index (χ1) is 8.61. The Morgan fingerprint density at radius 3 is 2.72 bits per heavy atom. The second-order valence-corrected chi connectivity index (χ2v) is 5.29. The maximum absolute atomic E-state index is 13.6. The van der Waals surface area contributed by atoms with Gasteiger partial charge in [-0.15, -0.1) is 0 Å². The average Bonchev–Trinajstić information content (AvgIpc) is 3.12. The van der Waals surface area contributed by atoms with E-state index >= 15 is 0 Å². The van der Waals surface area contributed by atoms with Crippen LogP contribution in [0.25, 0.3) is 0 Å². The van der Waals surface area contributed by atoms with Crippen molar-refractivity contribution in [1.82, 2.24) is 4.90 Å². The minimum Gasteiger partial charge on any atom is -0.335 e. The van der Waals surface area contributed by atoms with Gasteiger partial charge in [-0.25, -0.2) is 8.78 Å². The molecule has 1 fully saturated rings. The van der Waals surface area contributed by atoms with Crippen molar-refractivity contribution in [3.05, 3.63) is 35.4 Å². The molecule has 0 saturated heterocycles. The van der Waals surface area contributed by atoms with Crippen LogP contribution in [0.5, 0.6) is 0 Å². The number of hydrogen-bond donors (Lipinski definition) is 0. The minimum atomic E-state index is -0.593. The number of thioether (sulfide) groups is 1. The summed E-state index contributed by atoms with van der Waals surface area (Å²) in [6, 6.07) is 3.73. The normalized spacial score (nSPS) is 14.6. The zero-order valence-electron chi connectivity index (χ0n) is 10.2. The lowest BCUT2D eigenvalue weighted by Crippen LogP contribution is -2.34. The molecule has 5 heteroatoms. The lowest BCUT2D eigenvalue weighted by molar-refractivity contribution is -0.129. The van der Waals surface area contributed by atoms with Crippen LogP contribution >= 0.6 is 11.8 Å². The average molecular weight is 271 g/mol.